The van der Waals surface area contributed by atoms with Crippen LogP contribution in [0.25, 0.3) is 0 Å². The molecule has 1 aliphatic rings. The summed E-state index contributed by atoms with van der Waals surface area (Å²) in [6.07, 6.45) is 2.65. The van der Waals surface area contributed by atoms with Crippen LogP contribution in [-0.2, 0) is 22.0 Å². The monoisotopic (exact) mass is 244 g/mol. The zero-order valence-electron chi connectivity index (χ0n) is 7.90. The molecule has 1 aromatic heterocycles. The van der Waals surface area contributed by atoms with Crippen molar-refractivity contribution in [2.45, 2.75) is 30.8 Å². The molecule has 0 bridgehead atoms. The van der Waals surface area contributed by atoms with Crippen LogP contribution in [-0.4, -0.2) is 13.0 Å². The molecule has 0 saturated carbocycles. The van der Waals surface area contributed by atoms with Crippen LogP contribution in [0.5, 0.6) is 0 Å². The predicted octanol–water partition coefficient (Wildman–Crippen LogP) is 1.62. The number of halogens is 1. The molecule has 0 radical (unpaired) electrons. The fourth-order valence-corrected chi connectivity index (χ4v) is 3.05. The highest BCUT2D eigenvalue weighted by molar-refractivity contribution is 8.13. The average Bonchev–Trinajstić information content (AvgIpc) is 2.55. The molecule has 1 aromatic rings. The third kappa shape index (κ3) is 1.75. The summed E-state index contributed by atoms with van der Waals surface area (Å²) in [6.45, 7) is 0.623. The standard InChI is InChI=1S/C9H9ClN2O2S/c10-15(13,14)9-5-7(6-11)8-3-1-2-4-12(8)9/h5H,1-4H2. The average molecular weight is 245 g/mol. The van der Waals surface area contributed by atoms with Crippen molar-refractivity contribution in [2.75, 3.05) is 0 Å². The summed E-state index contributed by atoms with van der Waals surface area (Å²) in [7, 11) is 1.56. The first-order valence-electron chi connectivity index (χ1n) is 4.61. The van der Waals surface area contributed by atoms with E-state index in [-0.39, 0.29) is 5.03 Å². The number of hydrogen-bond acceptors (Lipinski definition) is 3. The van der Waals surface area contributed by atoms with E-state index >= 15 is 0 Å². The van der Waals surface area contributed by atoms with Crippen LogP contribution in [0.4, 0.5) is 0 Å². The van der Waals surface area contributed by atoms with E-state index in [0.717, 1.165) is 25.0 Å². The van der Waals surface area contributed by atoms with Crippen molar-refractivity contribution in [3.8, 4) is 6.07 Å². The van der Waals surface area contributed by atoms with Crippen molar-refractivity contribution in [2.24, 2.45) is 0 Å². The molecular weight excluding hydrogens is 236 g/mol. The Morgan fingerprint density at radius 3 is 2.80 bits per heavy atom. The molecule has 15 heavy (non-hydrogen) atoms. The smallest absolute Gasteiger partial charge is 0.276 e. The lowest BCUT2D eigenvalue weighted by atomic mass is 10.1. The van der Waals surface area contributed by atoms with Gasteiger partial charge in [-0.15, -0.1) is 0 Å². The largest absolute Gasteiger partial charge is 0.333 e. The maximum Gasteiger partial charge on any atom is 0.276 e. The number of fused-ring (bicyclic) bond motifs is 1. The molecule has 80 valence electrons. The van der Waals surface area contributed by atoms with Gasteiger partial charge in [-0.05, 0) is 25.3 Å². The molecule has 0 unspecified atom stereocenters. The van der Waals surface area contributed by atoms with Gasteiger partial charge in [-0.25, -0.2) is 8.42 Å². The Hall–Kier alpha value is -0.990. The fourth-order valence-electron chi connectivity index (χ4n) is 1.94. The van der Waals surface area contributed by atoms with Crippen molar-refractivity contribution in [3.63, 3.8) is 0 Å². The van der Waals surface area contributed by atoms with Gasteiger partial charge in [0.05, 0.1) is 5.56 Å². The van der Waals surface area contributed by atoms with E-state index in [9.17, 15) is 8.42 Å². The Labute approximate surface area is 92.5 Å². The summed E-state index contributed by atoms with van der Waals surface area (Å²) in [5.41, 5.74) is 1.22. The van der Waals surface area contributed by atoms with E-state index in [1.54, 1.807) is 4.57 Å². The summed E-state index contributed by atoms with van der Waals surface area (Å²) in [5, 5.41) is 8.92. The first-order valence-corrected chi connectivity index (χ1v) is 6.92. The molecule has 2 rings (SSSR count). The minimum absolute atomic E-state index is 0.0513. The Morgan fingerprint density at radius 2 is 2.20 bits per heavy atom. The first kappa shape index (κ1) is 10.5. The van der Waals surface area contributed by atoms with E-state index in [1.165, 1.54) is 6.07 Å². The zero-order valence-corrected chi connectivity index (χ0v) is 9.48. The number of nitriles is 1. The van der Waals surface area contributed by atoms with Crippen molar-refractivity contribution in [1.82, 2.24) is 4.57 Å². The topological polar surface area (TPSA) is 62.9 Å². The van der Waals surface area contributed by atoms with Gasteiger partial charge in [0.15, 0.2) is 5.03 Å². The summed E-state index contributed by atoms with van der Waals surface area (Å²) in [5.74, 6) is 0. The van der Waals surface area contributed by atoms with E-state index in [4.69, 9.17) is 15.9 Å². The minimum Gasteiger partial charge on any atom is -0.333 e. The second-order valence-corrected chi connectivity index (χ2v) is 6.01. The molecule has 0 saturated heterocycles. The van der Waals surface area contributed by atoms with Gasteiger partial charge in [-0.3, -0.25) is 0 Å². The molecule has 0 fully saturated rings. The number of rotatable bonds is 1. The number of hydrogen-bond donors (Lipinski definition) is 0. The van der Waals surface area contributed by atoms with E-state index < -0.39 is 9.05 Å². The summed E-state index contributed by atoms with van der Waals surface area (Å²) >= 11 is 0. The quantitative estimate of drug-likeness (QED) is 0.706. The molecule has 6 heteroatoms. The minimum atomic E-state index is -3.75. The lowest BCUT2D eigenvalue weighted by molar-refractivity contribution is 0.496. The first-order chi connectivity index (χ1) is 7.04. The maximum atomic E-state index is 11.3. The van der Waals surface area contributed by atoms with Gasteiger partial charge in [-0.2, -0.15) is 5.26 Å². The molecule has 1 aliphatic heterocycles. The lowest BCUT2D eigenvalue weighted by Gasteiger charge is -2.16. The fraction of sp³-hybridized carbons (Fsp3) is 0.444. The highest BCUT2D eigenvalue weighted by atomic mass is 35.7. The van der Waals surface area contributed by atoms with Crippen molar-refractivity contribution >= 4 is 19.7 Å². The van der Waals surface area contributed by atoms with Gasteiger partial charge >= 0.3 is 0 Å². The molecule has 0 N–H and O–H groups in total. The van der Waals surface area contributed by atoms with Gasteiger partial charge in [0, 0.05) is 22.9 Å². The lowest BCUT2D eigenvalue weighted by Crippen LogP contribution is -2.13. The van der Waals surface area contributed by atoms with Crippen LogP contribution in [0.1, 0.15) is 24.1 Å². The number of aromatic nitrogens is 1. The molecular formula is C9H9ClN2O2S. The molecule has 0 atom stereocenters. The van der Waals surface area contributed by atoms with Crippen LogP contribution >= 0.6 is 10.7 Å². The van der Waals surface area contributed by atoms with E-state index in [2.05, 4.69) is 0 Å². The van der Waals surface area contributed by atoms with Crippen molar-refractivity contribution < 1.29 is 8.42 Å². The Morgan fingerprint density at radius 1 is 1.47 bits per heavy atom. The van der Waals surface area contributed by atoms with Gasteiger partial charge < -0.3 is 4.57 Å². The van der Waals surface area contributed by atoms with Crippen molar-refractivity contribution in [1.29, 1.82) is 5.26 Å². The van der Waals surface area contributed by atoms with Gasteiger partial charge in [0.2, 0.25) is 0 Å². The molecule has 2 heterocycles. The van der Waals surface area contributed by atoms with Crippen LogP contribution in [0.3, 0.4) is 0 Å². The maximum absolute atomic E-state index is 11.3. The van der Waals surface area contributed by atoms with E-state index in [1.807, 2.05) is 6.07 Å². The Kier molecular flexibility index (Phi) is 2.49. The Balaban J connectivity index is 2.69. The SMILES string of the molecule is N#Cc1cc(S(=O)(=O)Cl)n2c1CCCC2. The zero-order chi connectivity index (χ0) is 11.1. The molecule has 0 amide bonds. The highest BCUT2D eigenvalue weighted by Gasteiger charge is 2.24. The Bertz CT molecular complexity index is 539. The summed E-state index contributed by atoms with van der Waals surface area (Å²) < 4.78 is 24.2. The third-order valence-electron chi connectivity index (χ3n) is 2.59. The summed E-state index contributed by atoms with van der Waals surface area (Å²) in [4.78, 5) is 0. The second kappa shape index (κ2) is 3.54. The van der Waals surface area contributed by atoms with Gasteiger partial charge in [0.1, 0.15) is 6.07 Å². The van der Waals surface area contributed by atoms with Crippen LogP contribution in [0.2, 0.25) is 0 Å². The van der Waals surface area contributed by atoms with Gasteiger partial charge in [0.25, 0.3) is 9.05 Å². The van der Waals surface area contributed by atoms with E-state index in [0.29, 0.717) is 12.1 Å². The molecule has 0 aromatic carbocycles. The van der Waals surface area contributed by atoms with Crippen LogP contribution in [0.15, 0.2) is 11.1 Å². The van der Waals surface area contributed by atoms with Gasteiger partial charge in [-0.1, -0.05) is 0 Å². The van der Waals surface area contributed by atoms with Crippen molar-refractivity contribution in [3.05, 3.63) is 17.3 Å². The molecule has 0 aliphatic carbocycles. The summed E-state index contributed by atoms with van der Waals surface area (Å²) in [6, 6.07) is 3.37. The number of nitrogens with zero attached hydrogens (tertiary/aromatic N) is 2. The third-order valence-corrected chi connectivity index (χ3v) is 3.90. The normalized spacial score (nSPS) is 15.7. The van der Waals surface area contributed by atoms with Crippen LogP contribution in [0, 0.1) is 11.3 Å². The second-order valence-electron chi connectivity index (χ2n) is 3.50. The van der Waals surface area contributed by atoms with Crippen LogP contribution < -0.4 is 0 Å². The molecule has 0 spiro atoms. The predicted molar refractivity (Wildman–Crippen MR) is 55.1 cm³/mol. The molecule has 4 nitrogen and oxygen atoms in total. The highest BCUT2D eigenvalue weighted by Crippen LogP contribution is 2.27.